The van der Waals surface area contributed by atoms with E-state index in [1.807, 2.05) is 12.1 Å². The number of halogens is 1. The van der Waals surface area contributed by atoms with Gasteiger partial charge in [-0.15, -0.1) is 0 Å². The lowest BCUT2D eigenvalue weighted by Gasteiger charge is -2.29. The molecule has 0 unspecified atom stereocenters. The fourth-order valence-corrected chi connectivity index (χ4v) is 3.46. The van der Waals surface area contributed by atoms with Crippen molar-refractivity contribution in [1.29, 1.82) is 0 Å². The van der Waals surface area contributed by atoms with Crippen molar-refractivity contribution in [2.75, 3.05) is 13.1 Å². The molecule has 1 saturated heterocycles. The molecule has 1 amide bonds. The number of rotatable bonds is 4. The summed E-state index contributed by atoms with van der Waals surface area (Å²) in [6.45, 7) is 1.25. The Morgan fingerprint density at radius 3 is 2.85 bits per heavy atom. The van der Waals surface area contributed by atoms with E-state index in [2.05, 4.69) is 4.98 Å². The summed E-state index contributed by atoms with van der Waals surface area (Å²) in [6.07, 6.45) is 2.07. The second-order valence-corrected chi connectivity index (χ2v) is 6.60. The van der Waals surface area contributed by atoms with E-state index in [0.717, 1.165) is 24.1 Å². The molecule has 2 aromatic heterocycles. The molecule has 4 rings (SSSR count). The minimum absolute atomic E-state index is 0.215. The molecule has 7 heteroatoms. The predicted molar refractivity (Wildman–Crippen MR) is 96.3 cm³/mol. The van der Waals surface area contributed by atoms with Crippen LogP contribution < -0.4 is 4.74 Å². The van der Waals surface area contributed by atoms with Crippen LogP contribution in [0, 0.1) is 5.82 Å². The van der Waals surface area contributed by atoms with Gasteiger partial charge >= 0.3 is 6.09 Å². The van der Waals surface area contributed by atoms with Crippen LogP contribution in [0.3, 0.4) is 0 Å². The summed E-state index contributed by atoms with van der Waals surface area (Å²) in [7, 11) is 0. The van der Waals surface area contributed by atoms with Gasteiger partial charge in [-0.05, 0) is 37.1 Å². The van der Waals surface area contributed by atoms with Crippen LogP contribution in [0.25, 0.3) is 11.0 Å². The number of carbonyl (C=O) groups is 1. The van der Waals surface area contributed by atoms with Crippen molar-refractivity contribution in [3.63, 3.8) is 0 Å². The second kappa shape index (κ2) is 7.26. The number of aromatic nitrogens is 1. The maximum Gasteiger partial charge on any atom is 0.407 e. The highest BCUT2D eigenvalue weighted by Gasteiger charge is 2.24. The molecule has 1 N–H and O–H groups in total. The van der Waals surface area contributed by atoms with Gasteiger partial charge in [0.05, 0.1) is 11.6 Å². The first-order chi connectivity index (χ1) is 13.1. The number of pyridine rings is 1. The number of likely N-dealkylation sites (tertiary alicyclic amines) is 1. The third kappa shape index (κ3) is 3.58. The zero-order valence-electron chi connectivity index (χ0n) is 14.6. The number of hydrogen-bond donors (Lipinski definition) is 1. The molecule has 6 nitrogen and oxygen atoms in total. The van der Waals surface area contributed by atoms with Crippen molar-refractivity contribution in [1.82, 2.24) is 9.88 Å². The molecule has 0 atom stereocenters. The normalized spacial score (nSPS) is 15.2. The van der Waals surface area contributed by atoms with Gasteiger partial charge in [0.25, 0.3) is 0 Å². The summed E-state index contributed by atoms with van der Waals surface area (Å²) in [5.41, 5.74) is 2.13. The molecule has 1 fully saturated rings. The highest BCUT2D eigenvalue weighted by molar-refractivity contribution is 5.80. The standard InChI is InChI=1S/C20H19FN2O4/c21-16-5-4-14(19-15(16)8-11-26-19)12-27-18-3-1-2-17(22-18)13-6-9-23(10-7-13)20(24)25/h1-5,8,11,13H,6-7,9-10,12H2,(H,24,25). The van der Waals surface area contributed by atoms with E-state index in [9.17, 15) is 9.18 Å². The number of ether oxygens (including phenoxy) is 1. The number of piperidine rings is 1. The molecular weight excluding hydrogens is 351 g/mol. The van der Waals surface area contributed by atoms with Crippen LogP contribution in [-0.4, -0.2) is 34.2 Å². The second-order valence-electron chi connectivity index (χ2n) is 6.60. The topological polar surface area (TPSA) is 75.8 Å². The number of nitrogens with zero attached hydrogens (tertiary/aromatic N) is 2. The third-order valence-electron chi connectivity index (χ3n) is 4.95. The molecule has 27 heavy (non-hydrogen) atoms. The number of carboxylic acid groups (broad SMARTS) is 1. The number of benzene rings is 1. The highest BCUT2D eigenvalue weighted by atomic mass is 19.1. The first kappa shape index (κ1) is 17.3. The summed E-state index contributed by atoms with van der Waals surface area (Å²) in [5.74, 6) is 0.374. The van der Waals surface area contributed by atoms with E-state index in [1.54, 1.807) is 18.2 Å². The van der Waals surface area contributed by atoms with E-state index in [1.165, 1.54) is 17.2 Å². The van der Waals surface area contributed by atoms with Crippen molar-refractivity contribution < 1.29 is 23.4 Å². The largest absolute Gasteiger partial charge is 0.473 e. The van der Waals surface area contributed by atoms with E-state index < -0.39 is 6.09 Å². The summed E-state index contributed by atoms with van der Waals surface area (Å²) in [5, 5.41) is 9.49. The van der Waals surface area contributed by atoms with Crippen molar-refractivity contribution in [2.45, 2.75) is 25.4 Å². The minimum Gasteiger partial charge on any atom is -0.473 e. The Balaban J connectivity index is 1.45. The van der Waals surface area contributed by atoms with Crippen LogP contribution in [0.5, 0.6) is 5.88 Å². The molecule has 1 aliphatic rings. The monoisotopic (exact) mass is 370 g/mol. The minimum atomic E-state index is -0.873. The van der Waals surface area contributed by atoms with Gasteiger partial charge in [-0.25, -0.2) is 14.2 Å². The Kier molecular flexibility index (Phi) is 4.66. The molecule has 1 aliphatic heterocycles. The van der Waals surface area contributed by atoms with Gasteiger partial charge in [-0.2, -0.15) is 0 Å². The zero-order chi connectivity index (χ0) is 18.8. The summed E-state index contributed by atoms with van der Waals surface area (Å²) in [4.78, 5) is 17.0. The van der Waals surface area contributed by atoms with Crippen molar-refractivity contribution in [3.8, 4) is 5.88 Å². The lowest BCUT2D eigenvalue weighted by atomic mass is 9.93. The summed E-state index contributed by atoms with van der Waals surface area (Å²) >= 11 is 0. The number of fused-ring (bicyclic) bond motifs is 1. The fourth-order valence-electron chi connectivity index (χ4n) is 3.46. The maximum absolute atomic E-state index is 13.7. The zero-order valence-corrected chi connectivity index (χ0v) is 14.6. The maximum atomic E-state index is 13.7. The van der Waals surface area contributed by atoms with E-state index in [0.29, 0.717) is 29.9 Å². The SMILES string of the molecule is O=C(O)N1CCC(c2cccc(OCc3ccc(F)c4ccoc34)n2)CC1. The van der Waals surface area contributed by atoms with Gasteiger partial charge in [0.15, 0.2) is 0 Å². The van der Waals surface area contributed by atoms with E-state index >= 15 is 0 Å². The number of hydrogen-bond acceptors (Lipinski definition) is 4. The smallest absolute Gasteiger partial charge is 0.407 e. The Labute approximate surface area is 155 Å². The Morgan fingerprint density at radius 2 is 2.07 bits per heavy atom. The third-order valence-corrected chi connectivity index (χ3v) is 4.95. The molecule has 0 aliphatic carbocycles. The van der Waals surface area contributed by atoms with Crippen LogP contribution >= 0.6 is 0 Å². The number of amides is 1. The first-order valence-electron chi connectivity index (χ1n) is 8.84. The average Bonchev–Trinajstić information content (AvgIpc) is 3.19. The molecule has 3 heterocycles. The van der Waals surface area contributed by atoms with Crippen LogP contribution in [0.2, 0.25) is 0 Å². The number of furan rings is 1. The van der Waals surface area contributed by atoms with Crippen LogP contribution in [0.15, 0.2) is 47.1 Å². The fraction of sp³-hybridized carbons (Fsp3) is 0.300. The van der Waals surface area contributed by atoms with Crippen LogP contribution in [0.1, 0.15) is 30.0 Å². The molecule has 140 valence electrons. The van der Waals surface area contributed by atoms with Gasteiger partial charge in [0, 0.05) is 36.3 Å². The van der Waals surface area contributed by atoms with Gasteiger partial charge < -0.3 is 19.2 Å². The lowest BCUT2D eigenvalue weighted by Crippen LogP contribution is -2.36. The first-order valence-corrected chi connectivity index (χ1v) is 8.84. The molecular formula is C20H19FN2O4. The highest BCUT2D eigenvalue weighted by Crippen LogP contribution is 2.28. The molecule has 0 radical (unpaired) electrons. The van der Waals surface area contributed by atoms with Crippen molar-refractivity contribution in [3.05, 3.63) is 59.7 Å². The average molecular weight is 370 g/mol. The quantitative estimate of drug-likeness (QED) is 0.736. The van der Waals surface area contributed by atoms with E-state index in [4.69, 9.17) is 14.3 Å². The Hall–Kier alpha value is -3.09. The van der Waals surface area contributed by atoms with Gasteiger partial charge in [-0.3, -0.25) is 0 Å². The van der Waals surface area contributed by atoms with E-state index in [-0.39, 0.29) is 18.3 Å². The Morgan fingerprint density at radius 1 is 1.26 bits per heavy atom. The molecule has 0 bridgehead atoms. The summed E-state index contributed by atoms with van der Waals surface area (Å²) < 4.78 is 24.9. The molecule has 0 saturated carbocycles. The molecule has 0 spiro atoms. The van der Waals surface area contributed by atoms with Crippen LogP contribution in [0.4, 0.5) is 9.18 Å². The van der Waals surface area contributed by atoms with Crippen molar-refractivity contribution >= 4 is 17.1 Å². The summed E-state index contributed by atoms with van der Waals surface area (Å²) in [6, 6.07) is 10.2. The van der Waals surface area contributed by atoms with Gasteiger partial charge in [0.1, 0.15) is 18.0 Å². The van der Waals surface area contributed by atoms with Crippen molar-refractivity contribution in [2.24, 2.45) is 0 Å². The lowest BCUT2D eigenvalue weighted by molar-refractivity contribution is 0.131. The van der Waals surface area contributed by atoms with Gasteiger partial charge in [0.2, 0.25) is 5.88 Å². The van der Waals surface area contributed by atoms with Gasteiger partial charge in [-0.1, -0.05) is 6.07 Å². The predicted octanol–water partition coefficient (Wildman–Crippen LogP) is 4.40. The molecule has 1 aromatic carbocycles. The molecule has 3 aromatic rings. The Bertz CT molecular complexity index is 964. The van der Waals surface area contributed by atoms with Crippen LogP contribution in [-0.2, 0) is 6.61 Å².